The molecule has 3 aromatic rings. The molecule has 7 nitrogen and oxygen atoms in total. The number of hydrogen-bond donors (Lipinski definition) is 1. The Kier molecular flexibility index (Phi) is 4.17. The molecule has 25 heavy (non-hydrogen) atoms. The molecule has 1 heterocycles. The van der Waals surface area contributed by atoms with Crippen molar-refractivity contribution in [3.63, 3.8) is 0 Å². The number of aryl methyl sites for hydroxylation is 1. The van der Waals surface area contributed by atoms with E-state index < -0.39 is 32.4 Å². The van der Waals surface area contributed by atoms with Crippen LogP contribution >= 0.6 is 0 Å². The van der Waals surface area contributed by atoms with Crippen LogP contribution in [0.1, 0.15) is 0 Å². The maximum atomic E-state index is 13.8. The maximum absolute atomic E-state index is 13.8. The molecule has 0 aliphatic carbocycles. The van der Waals surface area contributed by atoms with Crippen molar-refractivity contribution in [2.75, 3.05) is 4.72 Å². The summed E-state index contributed by atoms with van der Waals surface area (Å²) >= 11 is 0. The van der Waals surface area contributed by atoms with Crippen molar-refractivity contribution in [1.29, 1.82) is 0 Å². The second-order valence-corrected chi connectivity index (χ2v) is 6.64. The van der Waals surface area contributed by atoms with Crippen molar-refractivity contribution in [2.45, 2.75) is 4.90 Å². The van der Waals surface area contributed by atoms with E-state index in [2.05, 4.69) is 20.2 Å². The average molecular weight is 369 g/mol. The van der Waals surface area contributed by atoms with Gasteiger partial charge in [0.1, 0.15) is 4.90 Å². The van der Waals surface area contributed by atoms with Crippen LogP contribution in [0.5, 0.6) is 0 Å². The van der Waals surface area contributed by atoms with Gasteiger partial charge in [-0.3, -0.25) is 4.72 Å². The molecule has 0 fully saturated rings. The highest BCUT2D eigenvalue weighted by atomic mass is 32.2. The summed E-state index contributed by atoms with van der Waals surface area (Å²) in [6.45, 7) is 0. The van der Waals surface area contributed by atoms with E-state index in [4.69, 9.17) is 0 Å². The number of rotatable bonds is 4. The molecule has 0 aliphatic heterocycles. The molecule has 0 atom stereocenters. The highest BCUT2D eigenvalue weighted by Gasteiger charge is 2.24. The first-order chi connectivity index (χ1) is 11.8. The Morgan fingerprint density at radius 2 is 1.84 bits per heavy atom. The fraction of sp³-hybridized carbons (Fsp3) is 0.0714. The summed E-state index contributed by atoms with van der Waals surface area (Å²) in [5.41, 5.74) is 0.572. The number of sulfonamides is 1. The summed E-state index contributed by atoms with van der Waals surface area (Å²) in [4.78, 5) is -1.00. The lowest BCUT2D eigenvalue weighted by Gasteiger charge is -2.10. The zero-order chi connectivity index (χ0) is 18.2. The van der Waals surface area contributed by atoms with Crippen LogP contribution in [0.4, 0.5) is 18.9 Å². The lowest BCUT2D eigenvalue weighted by atomic mass is 10.2. The smallest absolute Gasteiger partial charge is 0.264 e. The Balaban J connectivity index is 1.97. The number of benzene rings is 2. The van der Waals surface area contributed by atoms with Gasteiger partial charge >= 0.3 is 0 Å². The third-order valence-corrected chi connectivity index (χ3v) is 4.68. The second kappa shape index (κ2) is 6.16. The van der Waals surface area contributed by atoms with Gasteiger partial charge in [0.05, 0.1) is 0 Å². The number of halogens is 3. The van der Waals surface area contributed by atoms with Gasteiger partial charge in [-0.05, 0) is 34.7 Å². The van der Waals surface area contributed by atoms with Gasteiger partial charge in [0.15, 0.2) is 23.3 Å². The highest BCUT2D eigenvalue weighted by molar-refractivity contribution is 7.92. The molecule has 2 aromatic carbocycles. The van der Waals surface area contributed by atoms with E-state index in [1.54, 1.807) is 13.1 Å². The summed E-state index contributed by atoms with van der Waals surface area (Å²) in [6, 6.07) is 7.18. The van der Waals surface area contributed by atoms with Crippen LogP contribution in [0.15, 0.2) is 41.3 Å². The molecule has 0 saturated carbocycles. The predicted octanol–water partition coefficient (Wildman–Crippen LogP) is 2.10. The van der Waals surface area contributed by atoms with Crippen molar-refractivity contribution in [2.24, 2.45) is 7.05 Å². The zero-order valence-electron chi connectivity index (χ0n) is 12.6. The number of tetrazole rings is 1. The average Bonchev–Trinajstić information content (AvgIpc) is 2.98. The standard InChI is InChI=1S/C14H10F3N5O2S/c1-22-14(18-20-21-22)8-3-2-4-9(7-8)19-25(23,24)11-6-5-10(15)12(16)13(11)17/h2-7,19H,1H3. The van der Waals surface area contributed by atoms with Gasteiger partial charge in [0.2, 0.25) is 0 Å². The third-order valence-electron chi connectivity index (χ3n) is 3.28. The number of nitrogens with one attached hydrogen (secondary N) is 1. The highest BCUT2D eigenvalue weighted by Crippen LogP contribution is 2.24. The molecule has 0 spiro atoms. The molecule has 0 amide bonds. The van der Waals surface area contributed by atoms with Gasteiger partial charge in [-0.25, -0.2) is 26.3 Å². The zero-order valence-corrected chi connectivity index (χ0v) is 13.4. The van der Waals surface area contributed by atoms with Crippen molar-refractivity contribution in [3.05, 3.63) is 53.8 Å². The van der Waals surface area contributed by atoms with Gasteiger partial charge in [-0.15, -0.1) is 5.10 Å². The van der Waals surface area contributed by atoms with Crippen LogP contribution in [0, 0.1) is 17.5 Å². The summed E-state index contributed by atoms with van der Waals surface area (Å²) in [6.07, 6.45) is 0. The van der Waals surface area contributed by atoms with Crippen molar-refractivity contribution >= 4 is 15.7 Å². The van der Waals surface area contributed by atoms with Crippen LogP contribution in [0.3, 0.4) is 0 Å². The molecule has 3 rings (SSSR count). The molecule has 1 N–H and O–H groups in total. The SMILES string of the molecule is Cn1nnnc1-c1cccc(NS(=O)(=O)c2ccc(F)c(F)c2F)c1. The topological polar surface area (TPSA) is 89.8 Å². The van der Waals surface area contributed by atoms with Crippen LogP contribution < -0.4 is 4.72 Å². The molecule has 130 valence electrons. The molecular formula is C14H10F3N5O2S. The Morgan fingerprint density at radius 1 is 1.08 bits per heavy atom. The van der Waals surface area contributed by atoms with Gasteiger partial charge < -0.3 is 0 Å². The molecule has 1 aromatic heterocycles. The fourth-order valence-corrected chi connectivity index (χ4v) is 3.24. The Hall–Kier alpha value is -2.95. The summed E-state index contributed by atoms with van der Waals surface area (Å²) < 4.78 is 68.0. The quantitative estimate of drug-likeness (QED) is 0.712. The van der Waals surface area contributed by atoms with Crippen LogP contribution in [0.25, 0.3) is 11.4 Å². The fourth-order valence-electron chi connectivity index (χ4n) is 2.12. The minimum absolute atomic E-state index is 0.0737. The summed E-state index contributed by atoms with van der Waals surface area (Å²) in [5.74, 6) is -4.75. The summed E-state index contributed by atoms with van der Waals surface area (Å²) in [5, 5.41) is 10.9. The molecular weight excluding hydrogens is 359 g/mol. The van der Waals surface area contributed by atoms with Gasteiger partial charge in [-0.2, -0.15) is 0 Å². The molecule has 0 aliphatic rings. The first kappa shape index (κ1) is 16.9. The molecule has 0 radical (unpaired) electrons. The number of hydrogen-bond acceptors (Lipinski definition) is 5. The van der Waals surface area contributed by atoms with Gasteiger partial charge in [-0.1, -0.05) is 12.1 Å². The van der Waals surface area contributed by atoms with Crippen molar-refractivity contribution in [1.82, 2.24) is 20.2 Å². The maximum Gasteiger partial charge on any atom is 0.264 e. The first-order valence-corrected chi connectivity index (χ1v) is 8.27. The number of anilines is 1. The Bertz CT molecular complexity index is 1050. The van der Waals surface area contributed by atoms with E-state index in [0.717, 1.165) is 0 Å². The lowest BCUT2D eigenvalue weighted by Crippen LogP contribution is -2.16. The second-order valence-electron chi connectivity index (χ2n) is 4.99. The van der Waals surface area contributed by atoms with E-state index >= 15 is 0 Å². The largest absolute Gasteiger partial charge is 0.280 e. The van der Waals surface area contributed by atoms with Crippen molar-refractivity contribution < 1.29 is 21.6 Å². The molecule has 0 saturated heterocycles. The van der Waals surface area contributed by atoms with Gasteiger partial charge in [0, 0.05) is 18.3 Å². The predicted molar refractivity (Wildman–Crippen MR) is 81.4 cm³/mol. The van der Waals surface area contributed by atoms with Crippen LogP contribution in [-0.4, -0.2) is 28.6 Å². The van der Waals surface area contributed by atoms with Crippen molar-refractivity contribution in [3.8, 4) is 11.4 Å². The van der Waals surface area contributed by atoms with E-state index in [0.29, 0.717) is 23.5 Å². The van der Waals surface area contributed by atoms with Crippen LogP contribution in [0.2, 0.25) is 0 Å². The van der Waals surface area contributed by atoms with E-state index in [9.17, 15) is 21.6 Å². The third kappa shape index (κ3) is 3.18. The molecule has 0 bridgehead atoms. The minimum Gasteiger partial charge on any atom is -0.280 e. The number of nitrogens with zero attached hydrogens (tertiary/aromatic N) is 4. The Labute approximate surface area is 140 Å². The number of aromatic nitrogens is 4. The van der Waals surface area contributed by atoms with Gasteiger partial charge in [0.25, 0.3) is 10.0 Å². The molecule has 0 unspecified atom stereocenters. The Morgan fingerprint density at radius 3 is 2.52 bits per heavy atom. The summed E-state index contributed by atoms with van der Waals surface area (Å²) in [7, 11) is -2.87. The van der Waals surface area contributed by atoms with Crippen LogP contribution in [-0.2, 0) is 17.1 Å². The minimum atomic E-state index is -4.47. The normalized spacial score (nSPS) is 11.5. The van der Waals surface area contributed by atoms with E-state index in [1.165, 1.54) is 22.9 Å². The molecule has 11 heteroatoms. The monoisotopic (exact) mass is 369 g/mol. The van der Waals surface area contributed by atoms with E-state index in [-0.39, 0.29) is 5.69 Å². The van der Waals surface area contributed by atoms with E-state index in [1.807, 2.05) is 0 Å². The lowest BCUT2D eigenvalue weighted by molar-refractivity contribution is 0.432. The first-order valence-electron chi connectivity index (χ1n) is 6.79.